The van der Waals surface area contributed by atoms with E-state index in [1.54, 1.807) is 0 Å². The first-order chi connectivity index (χ1) is 6.68. The van der Waals surface area contributed by atoms with E-state index in [1.807, 2.05) is 19.9 Å². The summed E-state index contributed by atoms with van der Waals surface area (Å²) in [6.07, 6.45) is 0.825. The van der Waals surface area contributed by atoms with Gasteiger partial charge in [-0.05, 0) is 31.4 Å². The molecule has 1 atom stereocenters. The molecule has 76 valence electrons. The second-order valence-electron chi connectivity index (χ2n) is 3.79. The summed E-state index contributed by atoms with van der Waals surface area (Å²) < 4.78 is 10.8. The molecule has 1 unspecified atom stereocenters. The summed E-state index contributed by atoms with van der Waals surface area (Å²) in [5, 5.41) is 0. The number of ether oxygens (including phenoxy) is 2. The van der Waals surface area contributed by atoms with Crippen molar-refractivity contribution in [3.63, 3.8) is 0 Å². The van der Waals surface area contributed by atoms with Crippen molar-refractivity contribution in [2.75, 3.05) is 6.79 Å². The lowest BCUT2D eigenvalue weighted by molar-refractivity contribution is 0.172. The SMILES string of the molecule is Cc1ccc(CC(C)N)c2c1OCO2. The van der Waals surface area contributed by atoms with Crippen molar-refractivity contribution < 1.29 is 9.47 Å². The Labute approximate surface area is 83.8 Å². The molecule has 1 aliphatic heterocycles. The van der Waals surface area contributed by atoms with E-state index in [0.29, 0.717) is 6.79 Å². The molecule has 0 radical (unpaired) electrons. The topological polar surface area (TPSA) is 44.5 Å². The molecule has 3 nitrogen and oxygen atoms in total. The quantitative estimate of drug-likeness (QED) is 0.776. The maximum atomic E-state index is 5.76. The fraction of sp³-hybridized carbons (Fsp3) is 0.455. The van der Waals surface area contributed by atoms with Crippen LogP contribution in [0.1, 0.15) is 18.1 Å². The highest BCUT2D eigenvalue weighted by Gasteiger charge is 2.20. The summed E-state index contributed by atoms with van der Waals surface area (Å²) in [4.78, 5) is 0. The maximum Gasteiger partial charge on any atom is 0.231 e. The van der Waals surface area contributed by atoms with Gasteiger partial charge in [-0.3, -0.25) is 0 Å². The first kappa shape index (κ1) is 9.34. The van der Waals surface area contributed by atoms with Gasteiger partial charge in [0, 0.05) is 6.04 Å². The third-order valence-corrected chi connectivity index (χ3v) is 2.34. The zero-order valence-electron chi connectivity index (χ0n) is 8.54. The Kier molecular flexibility index (Phi) is 2.33. The van der Waals surface area contributed by atoms with E-state index in [2.05, 4.69) is 6.07 Å². The first-order valence-electron chi connectivity index (χ1n) is 4.82. The molecule has 2 rings (SSSR count). The number of hydrogen-bond acceptors (Lipinski definition) is 3. The van der Waals surface area contributed by atoms with E-state index in [9.17, 15) is 0 Å². The third kappa shape index (κ3) is 1.55. The van der Waals surface area contributed by atoms with Crippen molar-refractivity contribution >= 4 is 0 Å². The van der Waals surface area contributed by atoms with Crippen molar-refractivity contribution in [1.82, 2.24) is 0 Å². The zero-order chi connectivity index (χ0) is 10.1. The van der Waals surface area contributed by atoms with Crippen molar-refractivity contribution in [3.05, 3.63) is 23.3 Å². The van der Waals surface area contributed by atoms with Crippen LogP contribution >= 0.6 is 0 Å². The summed E-state index contributed by atoms with van der Waals surface area (Å²) in [5.74, 6) is 1.76. The Morgan fingerprint density at radius 1 is 1.36 bits per heavy atom. The second-order valence-corrected chi connectivity index (χ2v) is 3.79. The predicted molar refractivity (Wildman–Crippen MR) is 54.7 cm³/mol. The highest BCUT2D eigenvalue weighted by Crippen LogP contribution is 2.38. The van der Waals surface area contributed by atoms with Gasteiger partial charge in [-0.15, -0.1) is 0 Å². The second kappa shape index (κ2) is 3.50. The van der Waals surface area contributed by atoms with E-state index < -0.39 is 0 Å². The zero-order valence-corrected chi connectivity index (χ0v) is 8.54. The Balaban J connectivity index is 2.38. The van der Waals surface area contributed by atoms with Gasteiger partial charge in [-0.1, -0.05) is 12.1 Å². The molecule has 1 aromatic rings. The molecular formula is C11H15NO2. The fourth-order valence-electron chi connectivity index (χ4n) is 1.69. The average molecular weight is 193 g/mol. The molecule has 0 saturated carbocycles. The van der Waals surface area contributed by atoms with E-state index in [1.165, 1.54) is 0 Å². The molecule has 0 saturated heterocycles. The Morgan fingerprint density at radius 3 is 2.79 bits per heavy atom. The van der Waals surface area contributed by atoms with E-state index in [4.69, 9.17) is 15.2 Å². The highest BCUT2D eigenvalue weighted by molar-refractivity contribution is 5.53. The van der Waals surface area contributed by atoms with Crippen LogP contribution in [-0.2, 0) is 6.42 Å². The van der Waals surface area contributed by atoms with Crippen LogP contribution in [-0.4, -0.2) is 12.8 Å². The number of nitrogens with two attached hydrogens (primary N) is 1. The summed E-state index contributed by atoms with van der Waals surface area (Å²) in [7, 11) is 0. The van der Waals surface area contributed by atoms with Gasteiger partial charge < -0.3 is 15.2 Å². The minimum Gasteiger partial charge on any atom is -0.453 e. The van der Waals surface area contributed by atoms with Crippen LogP contribution in [0.5, 0.6) is 11.5 Å². The van der Waals surface area contributed by atoms with Gasteiger partial charge in [0.05, 0.1) is 0 Å². The molecule has 0 spiro atoms. The van der Waals surface area contributed by atoms with Crippen LogP contribution < -0.4 is 15.2 Å². The van der Waals surface area contributed by atoms with E-state index >= 15 is 0 Å². The largest absolute Gasteiger partial charge is 0.453 e. The van der Waals surface area contributed by atoms with Gasteiger partial charge in [0.25, 0.3) is 0 Å². The minimum absolute atomic E-state index is 0.144. The van der Waals surface area contributed by atoms with Crippen LogP contribution in [0.2, 0.25) is 0 Å². The smallest absolute Gasteiger partial charge is 0.231 e. The van der Waals surface area contributed by atoms with Gasteiger partial charge in [-0.25, -0.2) is 0 Å². The summed E-state index contributed by atoms with van der Waals surface area (Å²) in [6, 6.07) is 4.25. The lowest BCUT2D eigenvalue weighted by Gasteiger charge is -2.09. The Morgan fingerprint density at radius 2 is 2.07 bits per heavy atom. The Bertz CT molecular complexity index is 347. The number of benzene rings is 1. The summed E-state index contributed by atoms with van der Waals surface area (Å²) in [6.45, 7) is 4.33. The molecule has 0 amide bonds. The molecule has 0 fully saturated rings. The van der Waals surface area contributed by atoms with Crippen molar-refractivity contribution in [3.8, 4) is 11.5 Å². The summed E-state index contributed by atoms with van der Waals surface area (Å²) >= 11 is 0. The lowest BCUT2D eigenvalue weighted by Crippen LogP contribution is -2.18. The average Bonchev–Trinajstić information content (AvgIpc) is 2.58. The molecule has 1 heterocycles. The van der Waals surface area contributed by atoms with Crippen LogP contribution in [0, 0.1) is 6.92 Å². The fourth-order valence-corrected chi connectivity index (χ4v) is 1.69. The molecule has 14 heavy (non-hydrogen) atoms. The van der Waals surface area contributed by atoms with Crippen LogP contribution in [0.15, 0.2) is 12.1 Å². The van der Waals surface area contributed by atoms with Crippen molar-refractivity contribution in [2.45, 2.75) is 26.3 Å². The Hall–Kier alpha value is -1.22. The molecule has 0 aromatic heterocycles. The van der Waals surface area contributed by atoms with Gasteiger partial charge >= 0.3 is 0 Å². The lowest BCUT2D eigenvalue weighted by atomic mass is 10.0. The van der Waals surface area contributed by atoms with Gasteiger partial charge in [0.1, 0.15) is 0 Å². The molecule has 0 bridgehead atoms. The van der Waals surface area contributed by atoms with Crippen molar-refractivity contribution in [1.29, 1.82) is 0 Å². The van der Waals surface area contributed by atoms with Crippen LogP contribution in [0.3, 0.4) is 0 Å². The van der Waals surface area contributed by atoms with E-state index in [0.717, 1.165) is 29.0 Å². The number of fused-ring (bicyclic) bond motifs is 1. The normalized spacial score (nSPS) is 15.6. The third-order valence-electron chi connectivity index (χ3n) is 2.34. The predicted octanol–water partition coefficient (Wildman–Crippen LogP) is 1.61. The molecule has 3 heteroatoms. The van der Waals surface area contributed by atoms with Crippen LogP contribution in [0.4, 0.5) is 0 Å². The maximum absolute atomic E-state index is 5.76. The van der Waals surface area contributed by atoms with Crippen molar-refractivity contribution in [2.24, 2.45) is 5.73 Å². The first-order valence-corrected chi connectivity index (χ1v) is 4.82. The van der Waals surface area contributed by atoms with Crippen LogP contribution in [0.25, 0.3) is 0 Å². The molecular weight excluding hydrogens is 178 g/mol. The van der Waals surface area contributed by atoms with Gasteiger partial charge in [-0.2, -0.15) is 0 Å². The monoisotopic (exact) mass is 193 g/mol. The number of aryl methyl sites for hydroxylation is 1. The highest BCUT2D eigenvalue weighted by atomic mass is 16.7. The summed E-state index contributed by atoms with van der Waals surface area (Å²) in [5.41, 5.74) is 8.01. The molecule has 2 N–H and O–H groups in total. The molecule has 0 aliphatic carbocycles. The van der Waals surface area contributed by atoms with E-state index in [-0.39, 0.29) is 6.04 Å². The molecule has 1 aliphatic rings. The molecule has 1 aromatic carbocycles. The minimum atomic E-state index is 0.144. The standard InChI is InChI=1S/C11H15NO2/c1-7-3-4-9(5-8(2)12)11-10(7)13-6-14-11/h3-4,8H,5-6,12H2,1-2H3. The number of rotatable bonds is 2. The van der Waals surface area contributed by atoms with Gasteiger partial charge in [0.15, 0.2) is 11.5 Å². The number of hydrogen-bond donors (Lipinski definition) is 1. The van der Waals surface area contributed by atoms with Gasteiger partial charge in [0.2, 0.25) is 6.79 Å².